The second-order valence-corrected chi connectivity index (χ2v) is 7.00. The van der Waals surface area contributed by atoms with Crippen LogP contribution in [0, 0.1) is 24.1 Å². The molecule has 5 heteroatoms. The Balaban J connectivity index is 1.80. The van der Waals surface area contributed by atoms with Gasteiger partial charge in [-0.15, -0.1) is 6.58 Å². The fourth-order valence-electron chi connectivity index (χ4n) is 3.92. The molecule has 2 fully saturated rings. The third kappa shape index (κ3) is 2.52. The molecule has 3 rings (SSSR count). The Morgan fingerprint density at radius 3 is 2.92 bits per heavy atom. The molecule has 1 aromatic carbocycles. The molecule has 0 aliphatic carbocycles. The summed E-state index contributed by atoms with van der Waals surface area (Å²) >= 11 is 0. The lowest BCUT2D eigenvalue weighted by atomic mass is 9.78. The van der Waals surface area contributed by atoms with Crippen LogP contribution in [0.1, 0.15) is 29.3 Å². The molecular formula is C19H23FN2O2. The smallest absolute Gasteiger partial charge is 0.253 e. The summed E-state index contributed by atoms with van der Waals surface area (Å²) in [5.41, 5.74) is 0.363. The highest BCUT2D eigenvalue weighted by molar-refractivity contribution is 5.96. The van der Waals surface area contributed by atoms with Gasteiger partial charge in [-0.05, 0) is 37.0 Å². The van der Waals surface area contributed by atoms with Crippen molar-refractivity contribution in [2.75, 3.05) is 26.2 Å². The Bertz CT molecular complexity index is 703. The summed E-state index contributed by atoms with van der Waals surface area (Å²) < 4.78 is 13.8. The van der Waals surface area contributed by atoms with Crippen molar-refractivity contribution in [1.82, 2.24) is 9.80 Å². The molecule has 2 aliphatic rings. The van der Waals surface area contributed by atoms with Crippen LogP contribution in [0.4, 0.5) is 4.39 Å². The summed E-state index contributed by atoms with van der Waals surface area (Å²) in [5.74, 6) is -0.371. The predicted molar refractivity (Wildman–Crippen MR) is 90.0 cm³/mol. The summed E-state index contributed by atoms with van der Waals surface area (Å²) in [5, 5.41) is 0. The quantitative estimate of drug-likeness (QED) is 0.800. The molecule has 2 atom stereocenters. The SMILES string of the molecule is C=CCN1CC[C@]2(CN(C(=O)c3ccc(C)c(F)c3)C[C@H]2C)C1=O. The lowest BCUT2D eigenvalue weighted by molar-refractivity contribution is -0.136. The third-order valence-corrected chi connectivity index (χ3v) is 5.51. The van der Waals surface area contributed by atoms with E-state index in [2.05, 4.69) is 6.58 Å². The number of benzene rings is 1. The Kier molecular flexibility index (Phi) is 4.20. The Hall–Kier alpha value is -2.17. The van der Waals surface area contributed by atoms with Gasteiger partial charge in [-0.3, -0.25) is 9.59 Å². The molecule has 0 radical (unpaired) electrons. The number of aryl methyl sites for hydroxylation is 1. The van der Waals surface area contributed by atoms with E-state index in [1.807, 2.05) is 11.8 Å². The first kappa shape index (κ1) is 16.7. The van der Waals surface area contributed by atoms with E-state index in [0.29, 0.717) is 37.3 Å². The minimum atomic E-state index is -0.498. The van der Waals surface area contributed by atoms with Gasteiger partial charge in [0.25, 0.3) is 5.91 Å². The lowest BCUT2D eigenvalue weighted by Crippen LogP contribution is -2.40. The van der Waals surface area contributed by atoms with E-state index >= 15 is 0 Å². The summed E-state index contributed by atoms with van der Waals surface area (Å²) in [6.07, 6.45) is 2.49. The maximum atomic E-state index is 13.8. The van der Waals surface area contributed by atoms with Gasteiger partial charge in [0.15, 0.2) is 0 Å². The molecule has 0 saturated carbocycles. The Morgan fingerprint density at radius 1 is 1.50 bits per heavy atom. The van der Waals surface area contributed by atoms with Gasteiger partial charge in [0, 0.05) is 31.7 Å². The monoisotopic (exact) mass is 330 g/mol. The van der Waals surface area contributed by atoms with Crippen LogP contribution in [0.15, 0.2) is 30.9 Å². The van der Waals surface area contributed by atoms with E-state index in [4.69, 9.17) is 0 Å². The fourth-order valence-corrected chi connectivity index (χ4v) is 3.92. The highest BCUT2D eigenvalue weighted by Gasteiger charge is 2.55. The molecule has 0 N–H and O–H groups in total. The third-order valence-electron chi connectivity index (χ3n) is 5.51. The van der Waals surface area contributed by atoms with Crippen molar-refractivity contribution in [3.05, 3.63) is 47.8 Å². The average Bonchev–Trinajstić information content (AvgIpc) is 3.05. The number of nitrogens with zero attached hydrogens (tertiary/aromatic N) is 2. The van der Waals surface area contributed by atoms with Gasteiger partial charge in [0.2, 0.25) is 5.91 Å². The molecule has 1 spiro atoms. The number of likely N-dealkylation sites (tertiary alicyclic amines) is 2. The van der Waals surface area contributed by atoms with Crippen molar-refractivity contribution < 1.29 is 14.0 Å². The van der Waals surface area contributed by atoms with E-state index < -0.39 is 5.41 Å². The number of hydrogen-bond acceptors (Lipinski definition) is 2. The van der Waals surface area contributed by atoms with Crippen molar-refractivity contribution >= 4 is 11.8 Å². The minimum Gasteiger partial charge on any atom is -0.338 e. The molecule has 0 aromatic heterocycles. The molecule has 0 unspecified atom stereocenters. The average molecular weight is 330 g/mol. The molecule has 0 bridgehead atoms. The molecule has 2 aliphatic heterocycles. The first-order chi connectivity index (χ1) is 11.4. The zero-order valence-corrected chi connectivity index (χ0v) is 14.2. The van der Waals surface area contributed by atoms with Gasteiger partial charge in [-0.2, -0.15) is 0 Å². The standard InChI is InChI=1S/C19H23FN2O2/c1-4-8-21-9-7-19(18(21)24)12-22(11-14(19)3)17(23)15-6-5-13(2)16(20)10-15/h4-6,10,14H,1,7-9,11-12H2,2-3H3/t14-,19-/m1/s1. The minimum absolute atomic E-state index is 0.0964. The Morgan fingerprint density at radius 2 is 2.25 bits per heavy atom. The predicted octanol–water partition coefficient (Wildman–Crippen LogP) is 2.63. The van der Waals surface area contributed by atoms with Crippen LogP contribution in [-0.4, -0.2) is 47.8 Å². The topological polar surface area (TPSA) is 40.6 Å². The van der Waals surface area contributed by atoms with Gasteiger partial charge >= 0.3 is 0 Å². The summed E-state index contributed by atoms with van der Waals surface area (Å²) in [6, 6.07) is 4.55. The van der Waals surface area contributed by atoms with E-state index in [1.54, 1.807) is 30.0 Å². The zero-order valence-electron chi connectivity index (χ0n) is 14.2. The molecule has 24 heavy (non-hydrogen) atoms. The van der Waals surface area contributed by atoms with Crippen molar-refractivity contribution in [3.63, 3.8) is 0 Å². The number of halogens is 1. The van der Waals surface area contributed by atoms with Gasteiger partial charge in [0.1, 0.15) is 5.82 Å². The van der Waals surface area contributed by atoms with Crippen molar-refractivity contribution in [2.45, 2.75) is 20.3 Å². The van der Waals surface area contributed by atoms with E-state index in [-0.39, 0.29) is 23.5 Å². The van der Waals surface area contributed by atoms with Gasteiger partial charge in [0.05, 0.1) is 5.41 Å². The van der Waals surface area contributed by atoms with Crippen LogP contribution in [0.5, 0.6) is 0 Å². The number of carbonyl (C=O) groups is 2. The van der Waals surface area contributed by atoms with Crippen LogP contribution in [0.3, 0.4) is 0 Å². The van der Waals surface area contributed by atoms with E-state index in [1.165, 1.54) is 6.07 Å². The van der Waals surface area contributed by atoms with Crippen LogP contribution >= 0.6 is 0 Å². The highest BCUT2D eigenvalue weighted by Crippen LogP contribution is 2.45. The van der Waals surface area contributed by atoms with Crippen LogP contribution in [-0.2, 0) is 4.79 Å². The van der Waals surface area contributed by atoms with Gasteiger partial charge < -0.3 is 9.80 Å². The molecule has 2 saturated heterocycles. The molecule has 2 amide bonds. The van der Waals surface area contributed by atoms with Crippen LogP contribution < -0.4 is 0 Å². The summed E-state index contributed by atoms with van der Waals surface area (Å²) in [4.78, 5) is 29.0. The van der Waals surface area contributed by atoms with Gasteiger partial charge in [-0.1, -0.05) is 19.1 Å². The molecule has 2 heterocycles. The maximum absolute atomic E-state index is 13.8. The summed E-state index contributed by atoms with van der Waals surface area (Å²) in [7, 11) is 0. The normalized spacial score (nSPS) is 26.5. The number of rotatable bonds is 3. The largest absolute Gasteiger partial charge is 0.338 e. The fraction of sp³-hybridized carbons (Fsp3) is 0.474. The first-order valence-electron chi connectivity index (χ1n) is 8.35. The molecular weight excluding hydrogens is 307 g/mol. The lowest BCUT2D eigenvalue weighted by Gasteiger charge is -2.26. The molecule has 4 nitrogen and oxygen atoms in total. The number of carbonyl (C=O) groups excluding carboxylic acids is 2. The first-order valence-corrected chi connectivity index (χ1v) is 8.35. The van der Waals surface area contributed by atoms with E-state index in [0.717, 1.165) is 6.42 Å². The van der Waals surface area contributed by atoms with Crippen molar-refractivity contribution in [2.24, 2.45) is 11.3 Å². The van der Waals surface area contributed by atoms with Crippen LogP contribution in [0.25, 0.3) is 0 Å². The van der Waals surface area contributed by atoms with Crippen LogP contribution in [0.2, 0.25) is 0 Å². The van der Waals surface area contributed by atoms with Crippen molar-refractivity contribution in [1.29, 1.82) is 0 Å². The van der Waals surface area contributed by atoms with Crippen molar-refractivity contribution in [3.8, 4) is 0 Å². The van der Waals surface area contributed by atoms with E-state index in [9.17, 15) is 14.0 Å². The second-order valence-electron chi connectivity index (χ2n) is 7.00. The maximum Gasteiger partial charge on any atom is 0.253 e. The number of hydrogen-bond donors (Lipinski definition) is 0. The van der Waals surface area contributed by atoms with Gasteiger partial charge in [-0.25, -0.2) is 4.39 Å². The highest BCUT2D eigenvalue weighted by atomic mass is 19.1. The summed E-state index contributed by atoms with van der Waals surface area (Å²) in [6.45, 7) is 9.58. The number of amides is 2. The molecule has 128 valence electrons. The zero-order chi connectivity index (χ0) is 17.5. The Labute approximate surface area is 141 Å². The second kappa shape index (κ2) is 6.04. The molecule has 1 aromatic rings.